The molecule has 1 saturated heterocycles. The first-order chi connectivity index (χ1) is 10.1. The fourth-order valence-corrected chi connectivity index (χ4v) is 4.56. The molecule has 1 aliphatic heterocycles. The molecule has 0 saturated carbocycles. The highest BCUT2D eigenvalue weighted by Gasteiger charge is 2.32. The summed E-state index contributed by atoms with van der Waals surface area (Å²) in [5, 5.41) is 10.9. The van der Waals surface area contributed by atoms with Crippen LogP contribution in [0.2, 0.25) is 0 Å². The number of fused-ring (bicyclic) bond motifs is 1. The lowest BCUT2D eigenvalue weighted by Crippen LogP contribution is -2.42. The molecular weight excluding hydrogens is 286 g/mol. The summed E-state index contributed by atoms with van der Waals surface area (Å²) >= 11 is 1.76. The normalized spacial score (nSPS) is 22.9. The molecule has 0 aromatic carbocycles. The molecule has 1 aromatic rings. The molecule has 1 atom stereocenters. The molecule has 0 bridgehead atoms. The molecule has 2 aliphatic rings. The summed E-state index contributed by atoms with van der Waals surface area (Å²) in [6, 6.07) is 2.11. The van der Waals surface area contributed by atoms with Crippen LogP contribution in [-0.4, -0.2) is 35.0 Å². The molecule has 2 heterocycles. The fourth-order valence-electron chi connectivity index (χ4n) is 3.57. The van der Waals surface area contributed by atoms with E-state index in [4.69, 9.17) is 5.11 Å². The predicted molar refractivity (Wildman–Crippen MR) is 81.6 cm³/mol. The number of aryl methyl sites for hydroxylation is 1. The van der Waals surface area contributed by atoms with Gasteiger partial charge in [0.15, 0.2) is 0 Å². The van der Waals surface area contributed by atoms with Crippen molar-refractivity contribution in [2.75, 3.05) is 13.1 Å². The van der Waals surface area contributed by atoms with Crippen molar-refractivity contribution >= 4 is 23.2 Å². The van der Waals surface area contributed by atoms with Gasteiger partial charge in [0.2, 0.25) is 5.91 Å². The third kappa shape index (κ3) is 3.12. The van der Waals surface area contributed by atoms with E-state index in [0.29, 0.717) is 13.1 Å². The lowest BCUT2D eigenvalue weighted by molar-refractivity contribution is -0.139. The van der Waals surface area contributed by atoms with Crippen LogP contribution in [0.15, 0.2) is 11.4 Å². The van der Waals surface area contributed by atoms with Gasteiger partial charge in [-0.05, 0) is 55.0 Å². The number of nitrogens with zero attached hydrogens (tertiary/aromatic N) is 1. The van der Waals surface area contributed by atoms with Crippen molar-refractivity contribution in [3.63, 3.8) is 0 Å². The number of aliphatic carboxylic acids is 1. The zero-order chi connectivity index (χ0) is 14.8. The second-order valence-electron chi connectivity index (χ2n) is 6.11. The van der Waals surface area contributed by atoms with E-state index in [-0.39, 0.29) is 24.2 Å². The number of rotatable bonds is 3. The summed E-state index contributed by atoms with van der Waals surface area (Å²) in [6.45, 7) is 1.43. The Hall–Kier alpha value is -1.36. The second-order valence-corrected chi connectivity index (χ2v) is 7.11. The molecule has 0 spiro atoms. The Morgan fingerprint density at radius 3 is 2.76 bits per heavy atom. The Morgan fingerprint density at radius 2 is 2.05 bits per heavy atom. The van der Waals surface area contributed by atoms with Crippen molar-refractivity contribution in [1.82, 2.24) is 4.90 Å². The van der Waals surface area contributed by atoms with Crippen LogP contribution in [0, 0.1) is 5.92 Å². The molecular formula is C16H21NO3S. The smallest absolute Gasteiger partial charge is 0.303 e. The van der Waals surface area contributed by atoms with Crippen LogP contribution in [0.3, 0.4) is 0 Å². The van der Waals surface area contributed by atoms with Gasteiger partial charge in [-0.1, -0.05) is 0 Å². The van der Waals surface area contributed by atoms with E-state index < -0.39 is 5.97 Å². The number of likely N-dealkylation sites (tertiary alicyclic amines) is 1. The number of carbonyl (C=O) groups is 2. The van der Waals surface area contributed by atoms with E-state index in [9.17, 15) is 9.59 Å². The number of hydrogen-bond donors (Lipinski definition) is 1. The Balaban J connectivity index is 1.62. The van der Waals surface area contributed by atoms with Crippen molar-refractivity contribution in [2.45, 2.75) is 44.4 Å². The number of thiophene rings is 1. The molecule has 4 nitrogen and oxygen atoms in total. The van der Waals surface area contributed by atoms with Gasteiger partial charge in [0.1, 0.15) is 0 Å². The Morgan fingerprint density at radius 1 is 1.29 bits per heavy atom. The first-order valence-electron chi connectivity index (χ1n) is 7.72. The average molecular weight is 307 g/mol. The van der Waals surface area contributed by atoms with Crippen LogP contribution < -0.4 is 0 Å². The summed E-state index contributed by atoms with van der Waals surface area (Å²) in [5.74, 6) is -0.205. The Kier molecular flexibility index (Phi) is 4.29. The second kappa shape index (κ2) is 6.18. The minimum absolute atomic E-state index is 0.0380. The van der Waals surface area contributed by atoms with Crippen LogP contribution in [0.25, 0.3) is 0 Å². The van der Waals surface area contributed by atoms with Crippen LogP contribution in [-0.2, 0) is 16.0 Å². The molecule has 21 heavy (non-hydrogen) atoms. The standard InChI is InChI=1S/C16H21NO3S/c18-15(19)10-11-4-7-17(8-5-11)16(20)13-2-1-3-14-12(13)6-9-21-14/h6,9,11,13H,1-5,7-8,10H2,(H,18,19). The van der Waals surface area contributed by atoms with Gasteiger partial charge in [-0.3, -0.25) is 9.59 Å². The molecule has 1 aromatic heterocycles. The van der Waals surface area contributed by atoms with Crippen LogP contribution >= 0.6 is 11.3 Å². The molecule has 114 valence electrons. The van der Waals surface area contributed by atoms with Gasteiger partial charge in [-0.2, -0.15) is 0 Å². The lowest BCUT2D eigenvalue weighted by atomic mass is 9.85. The van der Waals surface area contributed by atoms with Gasteiger partial charge in [0.05, 0.1) is 5.92 Å². The lowest BCUT2D eigenvalue weighted by Gasteiger charge is -2.35. The molecule has 0 radical (unpaired) electrons. The van der Waals surface area contributed by atoms with Crippen LogP contribution in [0.4, 0.5) is 0 Å². The van der Waals surface area contributed by atoms with Crippen molar-refractivity contribution in [3.8, 4) is 0 Å². The highest BCUT2D eigenvalue weighted by molar-refractivity contribution is 7.10. The summed E-state index contributed by atoms with van der Waals surface area (Å²) in [5.41, 5.74) is 1.24. The highest BCUT2D eigenvalue weighted by atomic mass is 32.1. The topological polar surface area (TPSA) is 57.6 Å². The Bertz CT molecular complexity index is 531. The van der Waals surface area contributed by atoms with E-state index in [1.165, 1.54) is 10.4 Å². The maximum atomic E-state index is 12.8. The largest absolute Gasteiger partial charge is 0.481 e. The van der Waals surface area contributed by atoms with Gasteiger partial charge in [0, 0.05) is 24.4 Å². The molecule has 1 N–H and O–H groups in total. The van der Waals surface area contributed by atoms with Gasteiger partial charge < -0.3 is 10.0 Å². The molecule has 1 fully saturated rings. The van der Waals surface area contributed by atoms with Gasteiger partial charge in [-0.15, -0.1) is 11.3 Å². The zero-order valence-electron chi connectivity index (χ0n) is 12.1. The highest BCUT2D eigenvalue weighted by Crippen LogP contribution is 2.36. The summed E-state index contributed by atoms with van der Waals surface area (Å²) in [6.07, 6.45) is 5.04. The third-order valence-corrected chi connectivity index (χ3v) is 5.74. The number of carbonyl (C=O) groups excluding carboxylic acids is 1. The monoisotopic (exact) mass is 307 g/mol. The number of carboxylic acid groups (broad SMARTS) is 1. The molecule has 5 heteroatoms. The summed E-state index contributed by atoms with van der Waals surface area (Å²) in [4.78, 5) is 26.8. The zero-order valence-corrected chi connectivity index (χ0v) is 12.9. The molecule has 1 unspecified atom stereocenters. The number of carboxylic acids is 1. The minimum Gasteiger partial charge on any atom is -0.481 e. The van der Waals surface area contributed by atoms with Crippen molar-refractivity contribution in [3.05, 3.63) is 21.9 Å². The van der Waals surface area contributed by atoms with Crippen LogP contribution in [0.1, 0.15) is 48.5 Å². The maximum absolute atomic E-state index is 12.8. The maximum Gasteiger partial charge on any atom is 0.303 e. The SMILES string of the molecule is O=C(O)CC1CCN(C(=O)C2CCCc3sccc32)CC1. The number of hydrogen-bond acceptors (Lipinski definition) is 3. The Labute approximate surface area is 128 Å². The van der Waals surface area contributed by atoms with Gasteiger partial charge in [-0.25, -0.2) is 0 Å². The van der Waals surface area contributed by atoms with E-state index in [2.05, 4.69) is 11.4 Å². The average Bonchev–Trinajstić information content (AvgIpc) is 2.95. The quantitative estimate of drug-likeness (QED) is 0.934. The molecule has 3 rings (SSSR count). The van der Waals surface area contributed by atoms with E-state index in [1.807, 2.05) is 4.90 Å². The molecule has 1 aliphatic carbocycles. The van der Waals surface area contributed by atoms with Gasteiger partial charge >= 0.3 is 5.97 Å². The fraction of sp³-hybridized carbons (Fsp3) is 0.625. The predicted octanol–water partition coefficient (Wildman–Crippen LogP) is 2.88. The van der Waals surface area contributed by atoms with E-state index in [1.54, 1.807) is 11.3 Å². The number of piperidine rings is 1. The van der Waals surface area contributed by atoms with Crippen LogP contribution in [0.5, 0.6) is 0 Å². The summed E-state index contributed by atoms with van der Waals surface area (Å²) in [7, 11) is 0. The van der Waals surface area contributed by atoms with Crippen molar-refractivity contribution in [1.29, 1.82) is 0 Å². The van der Waals surface area contributed by atoms with E-state index >= 15 is 0 Å². The molecule has 1 amide bonds. The number of amides is 1. The van der Waals surface area contributed by atoms with Gasteiger partial charge in [0.25, 0.3) is 0 Å². The summed E-state index contributed by atoms with van der Waals surface area (Å²) < 4.78 is 0. The van der Waals surface area contributed by atoms with Crippen molar-refractivity contribution < 1.29 is 14.7 Å². The van der Waals surface area contributed by atoms with Crippen molar-refractivity contribution in [2.24, 2.45) is 5.92 Å². The van der Waals surface area contributed by atoms with E-state index in [0.717, 1.165) is 32.1 Å². The minimum atomic E-state index is -0.727. The first-order valence-corrected chi connectivity index (χ1v) is 8.60. The third-order valence-electron chi connectivity index (χ3n) is 4.74. The first kappa shape index (κ1) is 14.6.